The van der Waals surface area contributed by atoms with Crippen molar-refractivity contribution in [3.63, 3.8) is 0 Å². The topological polar surface area (TPSA) is 89.2 Å². The van der Waals surface area contributed by atoms with Crippen molar-refractivity contribution in [1.29, 1.82) is 5.26 Å². The highest BCUT2D eigenvalue weighted by Gasteiger charge is 2.15. The van der Waals surface area contributed by atoms with Gasteiger partial charge in [0.2, 0.25) is 0 Å². The molecule has 1 amide bonds. The number of hydrogen-bond acceptors (Lipinski definition) is 5. The van der Waals surface area contributed by atoms with Gasteiger partial charge in [-0.05, 0) is 55.5 Å². The number of ether oxygens (including phenoxy) is 2. The van der Waals surface area contributed by atoms with E-state index in [2.05, 4.69) is 16.5 Å². The quantitative estimate of drug-likeness (QED) is 0.465. The molecule has 0 saturated heterocycles. The second-order valence-corrected chi connectivity index (χ2v) is 6.95. The number of nitrogens with zero attached hydrogens (tertiary/aromatic N) is 3. The Morgan fingerprint density at radius 2 is 1.78 bits per heavy atom. The van der Waals surface area contributed by atoms with Gasteiger partial charge in [0.25, 0.3) is 5.91 Å². The molecule has 7 nitrogen and oxygen atoms in total. The predicted molar refractivity (Wildman–Crippen MR) is 120 cm³/mol. The summed E-state index contributed by atoms with van der Waals surface area (Å²) in [5.74, 6) is 1.28. The summed E-state index contributed by atoms with van der Waals surface area (Å²) in [4.78, 5) is 12.8. The van der Waals surface area contributed by atoms with E-state index >= 15 is 0 Å². The molecule has 0 bridgehead atoms. The summed E-state index contributed by atoms with van der Waals surface area (Å²) in [6.07, 6.45) is 1.56. The third-order valence-corrected chi connectivity index (χ3v) is 4.89. The molecule has 7 heteroatoms. The lowest BCUT2D eigenvalue weighted by atomic mass is 10.2. The summed E-state index contributed by atoms with van der Waals surface area (Å²) in [5, 5.41) is 16.2. The van der Waals surface area contributed by atoms with Crippen LogP contribution in [-0.2, 0) is 0 Å². The van der Waals surface area contributed by atoms with Crippen molar-refractivity contribution in [1.82, 2.24) is 9.78 Å². The lowest BCUT2D eigenvalue weighted by Crippen LogP contribution is -2.13. The number of para-hydroxylation sites is 1. The van der Waals surface area contributed by atoms with E-state index in [1.165, 1.54) is 7.11 Å². The molecule has 0 aliphatic carbocycles. The van der Waals surface area contributed by atoms with Crippen LogP contribution in [0.25, 0.3) is 5.69 Å². The SMILES string of the molecule is COc1cc(C#N)ccc1Oc1ccc(NC(=O)c2cnn(-c3ccccc3)c2C)cc1. The van der Waals surface area contributed by atoms with Crippen LogP contribution in [-0.4, -0.2) is 22.8 Å². The van der Waals surface area contributed by atoms with Crippen molar-refractivity contribution >= 4 is 11.6 Å². The van der Waals surface area contributed by atoms with Gasteiger partial charge in [-0.2, -0.15) is 10.4 Å². The van der Waals surface area contributed by atoms with Crippen molar-refractivity contribution in [3.8, 4) is 29.0 Å². The van der Waals surface area contributed by atoms with Gasteiger partial charge < -0.3 is 14.8 Å². The second kappa shape index (κ2) is 9.06. The minimum Gasteiger partial charge on any atom is -0.493 e. The summed E-state index contributed by atoms with van der Waals surface area (Å²) in [5.41, 5.74) is 3.25. The Morgan fingerprint density at radius 3 is 2.47 bits per heavy atom. The molecule has 4 rings (SSSR count). The van der Waals surface area contributed by atoms with Gasteiger partial charge in [-0.3, -0.25) is 4.79 Å². The second-order valence-electron chi connectivity index (χ2n) is 6.95. The first-order chi connectivity index (χ1) is 15.6. The van der Waals surface area contributed by atoms with Crippen LogP contribution >= 0.6 is 0 Å². The third-order valence-electron chi connectivity index (χ3n) is 4.89. The summed E-state index contributed by atoms with van der Waals surface area (Å²) < 4.78 is 12.9. The van der Waals surface area contributed by atoms with Crippen molar-refractivity contribution in [2.75, 3.05) is 12.4 Å². The molecule has 3 aromatic carbocycles. The highest BCUT2D eigenvalue weighted by atomic mass is 16.5. The Bertz CT molecular complexity index is 1290. The van der Waals surface area contributed by atoms with Gasteiger partial charge in [-0.1, -0.05) is 18.2 Å². The molecule has 158 valence electrons. The number of carbonyl (C=O) groups excluding carboxylic acids is 1. The van der Waals surface area contributed by atoms with Crippen LogP contribution in [0.5, 0.6) is 17.2 Å². The summed E-state index contributed by atoms with van der Waals surface area (Å²) in [6, 6.07) is 23.7. The molecule has 1 aromatic heterocycles. The van der Waals surface area contributed by atoms with E-state index in [-0.39, 0.29) is 5.91 Å². The monoisotopic (exact) mass is 424 g/mol. The largest absolute Gasteiger partial charge is 0.493 e. The Labute approximate surface area is 185 Å². The van der Waals surface area contributed by atoms with Gasteiger partial charge in [0, 0.05) is 11.8 Å². The lowest BCUT2D eigenvalue weighted by molar-refractivity contribution is 0.102. The fraction of sp³-hybridized carbons (Fsp3) is 0.0800. The molecule has 0 unspecified atom stereocenters. The number of carbonyl (C=O) groups is 1. The molecule has 0 fully saturated rings. The Hall–Kier alpha value is -4.57. The molecule has 0 spiro atoms. The van der Waals surface area contributed by atoms with Gasteiger partial charge in [0.05, 0.1) is 41.9 Å². The summed E-state index contributed by atoms with van der Waals surface area (Å²) in [6.45, 7) is 1.86. The number of hydrogen-bond donors (Lipinski definition) is 1. The van der Waals surface area contributed by atoms with Crippen molar-refractivity contribution in [3.05, 3.63) is 95.8 Å². The molecule has 1 N–H and O–H groups in total. The molecule has 0 aliphatic rings. The van der Waals surface area contributed by atoms with Crippen LogP contribution in [0.2, 0.25) is 0 Å². The molecule has 4 aromatic rings. The first-order valence-corrected chi connectivity index (χ1v) is 9.86. The van der Waals surface area contributed by atoms with Gasteiger partial charge in [-0.15, -0.1) is 0 Å². The smallest absolute Gasteiger partial charge is 0.259 e. The van der Waals surface area contributed by atoms with E-state index in [4.69, 9.17) is 14.7 Å². The zero-order valence-corrected chi connectivity index (χ0v) is 17.6. The average molecular weight is 424 g/mol. The minimum atomic E-state index is -0.243. The number of amides is 1. The molecular weight excluding hydrogens is 404 g/mol. The van der Waals surface area contributed by atoms with Crippen molar-refractivity contribution in [2.24, 2.45) is 0 Å². The van der Waals surface area contributed by atoms with E-state index in [0.29, 0.717) is 34.1 Å². The fourth-order valence-electron chi connectivity index (χ4n) is 3.22. The highest BCUT2D eigenvalue weighted by Crippen LogP contribution is 2.32. The number of anilines is 1. The number of rotatable bonds is 6. The Balaban J connectivity index is 1.46. The molecule has 0 saturated carbocycles. The zero-order valence-electron chi connectivity index (χ0n) is 17.6. The molecule has 0 atom stereocenters. The molecule has 0 aliphatic heterocycles. The Kier molecular flexibility index (Phi) is 5.86. The van der Waals surface area contributed by atoms with Gasteiger partial charge >= 0.3 is 0 Å². The van der Waals surface area contributed by atoms with E-state index in [9.17, 15) is 4.79 Å². The van der Waals surface area contributed by atoms with Gasteiger partial charge in [0.15, 0.2) is 11.5 Å². The first kappa shape index (κ1) is 20.7. The van der Waals surface area contributed by atoms with Crippen LogP contribution in [0, 0.1) is 18.3 Å². The van der Waals surface area contributed by atoms with E-state index in [0.717, 1.165) is 11.4 Å². The maximum absolute atomic E-state index is 12.8. The van der Waals surface area contributed by atoms with E-state index < -0.39 is 0 Å². The number of nitrogens with one attached hydrogen (secondary N) is 1. The number of aromatic nitrogens is 2. The van der Waals surface area contributed by atoms with Crippen molar-refractivity contribution in [2.45, 2.75) is 6.92 Å². The number of nitriles is 1. The Morgan fingerprint density at radius 1 is 1.03 bits per heavy atom. The fourth-order valence-corrected chi connectivity index (χ4v) is 3.22. The van der Waals surface area contributed by atoms with Crippen LogP contribution in [0.1, 0.15) is 21.6 Å². The maximum atomic E-state index is 12.8. The molecule has 32 heavy (non-hydrogen) atoms. The van der Waals surface area contributed by atoms with Crippen LogP contribution in [0.3, 0.4) is 0 Å². The van der Waals surface area contributed by atoms with Gasteiger partial charge in [0.1, 0.15) is 5.75 Å². The molecular formula is C25H20N4O3. The molecule has 0 radical (unpaired) electrons. The predicted octanol–water partition coefficient (Wildman–Crippen LogP) is 5.11. The molecule has 1 heterocycles. The minimum absolute atomic E-state index is 0.243. The van der Waals surface area contributed by atoms with Gasteiger partial charge in [-0.25, -0.2) is 4.68 Å². The van der Waals surface area contributed by atoms with Crippen molar-refractivity contribution < 1.29 is 14.3 Å². The van der Waals surface area contributed by atoms with E-state index in [1.54, 1.807) is 53.3 Å². The number of methoxy groups -OCH3 is 1. The van der Waals surface area contributed by atoms with Crippen LogP contribution in [0.4, 0.5) is 5.69 Å². The lowest BCUT2D eigenvalue weighted by Gasteiger charge is -2.11. The maximum Gasteiger partial charge on any atom is 0.259 e. The standard InChI is InChI=1S/C25H20N4O3/c1-17-22(16-27-29(17)20-6-4-3-5-7-20)25(30)28-19-9-11-21(12-10-19)32-23-13-8-18(15-26)14-24(23)31-2/h3-14,16H,1-2H3,(H,28,30). The van der Waals surface area contributed by atoms with Crippen LogP contribution in [0.15, 0.2) is 79.0 Å². The summed E-state index contributed by atoms with van der Waals surface area (Å²) in [7, 11) is 1.52. The number of benzene rings is 3. The first-order valence-electron chi connectivity index (χ1n) is 9.86. The third kappa shape index (κ3) is 4.30. The normalized spacial score (nSPS) is 10.3. The zero-order chi connectivity index (χ0) is 22.5. The average Bonchev–Trinajstić information content (AvgIpc) is 3.22. The van der Waals surface area contributed by atoms with E-state index in [1.807, 2.05) is 37.3 Å². The highest BCUT2D eigenvalue weighted by molar-refractivity contribution is 6.05. The van der Waals surface area contributed by atoms with Crippen LogP contribution < -0.4 is 14.8 Å². The summed E-state index contributed by atoms with van der Waals surface area (Å²) >= 11 is 0.